The van der Waals surface area contributed by atoms with Gasteiger partial charge in [-0.15, -0.1) is 0 Å². The molecule has 0 amide bonds. The normalized spacial score (nSPS) is 15.1. The lowest BCUT2D eigenvalue weighted by Crippen LogP contribution is -2.42. The van der Waals surface area contributed by atoms with E-state index in [1.165, 1.54) is 0 Å². The van der Waals surface area contributed by atoms with E-state index in [0.29, 0.717) is 17.7 Å². The maximum atomic E-state index is 9.48. The Bertz CT molecular complexity index is 355. The third-order valence-electron chi connectivity index (χ3n) is 3.44. The van der Waals surface area contributed by atoms with Gasteiger partial charge in [0.1, 0.15) is 5.75 Å². The summed E-state index contributed by atoms with van der Waals surface area (Å²) in [7, 11) is 4.23. The van der Waals surface area contributed by atoms with Crippen molar-refractivity contribution < 1.29 is 5.11 Å². The maximum absolute atomic E-state index is 9.48. The van der Waals surface area contributed by atoms with Crippen molar-refractivity contribution >= 4 is 0 Å². The molecule has 0 aliphatic carbocycles. The molecular weight excluding hydrogens is 224 g/mol. The molecule has 18 heavy (non-hydrogen) atoms. The van der Waals surface area contributed by atoms with Gasteiger partial charge in [0.15, 0.2) is 0 Å². The van der Waals surface area contributed by atoms with Gasteiger partial charge in [0, 0.05) is 18.6 Å². The summed E-state index contributed by atoms with van der Waals surface area (Å²) in [6, 6.07) is 8.21. The van der Waals surface area contributed by atoms with E-state index in [-0.39, 0.29) is 6.04 Å². The molecule has 3 nitrogen and oxygen atoms in total. The Morgan fingerprint density at radius 2 is 1.89 bits per heavy atom. The Labute approximate surface area is 111 Å². The van der Waals surface area contributed by atoms with Crippen molar-refractivity contribution in [1.82, 2.24) is 10.2 Å². The highest BCUT2D eigenvalue weighted by Gasteiger charge is 2.16. The second-order valence-electron chi connectivity index (χ2n) is 5.50. The van der Waals surface area contributed by atoms with Gasteiger partial charge < -0.3 is 15.3 Å². The predicted octanol–water partition coefficient (Wildman–Crippen LogP) is 2.63. The van der Waals surface area contributed by atoms with E-state index in [1.807, 2.05) is 18.2 Å². The van der Waals surface area contributed by atoms with Crippen LogP contribution in [0.15, 0.2) is 24.3 Å². The largest absolute Gasteiger partial charge is 0.508 e. The van der Waals surface area contributed by atoms with Crippen molar-refractivity contribution in [3.8, 4) is 5.75 Å². The minimum atomic E-state index is 0.248. The maximum Gasteiger partial charge on any atom is 0.115 e. The summed E-state index contributed by atoms with van der Waals surface area (Å²) in [5.74, 6) is 0.943. The van der Waals surface area contributed by atoms with Crippen LogP contribution in [0.5, 0.6) is 5.75 Å². The van der Waals surface area contributed by atoms with Gasteiger partial charge in [0.05, 0.1) is 0 Å². The van der Waals surface area contributed by atoms with Crippen LogP contribution in [-0.4, -0.2) is 36.7 Å². The van der Waals surface area contributed by atoms with E-state index in [9.17, 15) is 5.11 Å². The Morgan fingerprint density at radius 3 is 2.39 bits per heavy atom. The van der Waals surface area contributed by atoms with Crippen LogP contribution in [0.3, 0.4) is 0 Å². The van der Waals surface area contributed by atoms with Crippen LogP contribution in [0.1, 0.15) is 32.4 Å². The number of rotatable bonds is 6. The zero-order valence-electron chi connectivity index (χ0n) is 12.1. The highest BCUT2D eigenvalue weighted by Crippen LogP contribution is 2.18. The molecule has 2 unspecified atom stereocenters. The van der Waals surface area contributed by atoms with Crippen molar-refractivity contribution in [2.45, 2.75) is 32.9 Å². The quantitative estimate of drug-likeness (QED) is 0.814. The van der Waals surface area contributed by atoms with E-state index >= 15 is 0 Å². The predicted molar refractivity (Wildman–Crippen MR) is 76.8 cm³/mol. The molecule has 0 spiro atoms. The van der Waals surface area contributed by atoms with Gasteiger partial charge in [-0.25, -0.2) is 0 Å². The van der Waals surface area contributed by atoms with Crippen LogP contribution in [0.25, 0.3) is 0 Å². The molecule has 0 radical (unpaired) electrons. The van der Waals surface area contributed by atoms with Crippen molar-refractivity contribution in [2.24, 2.45) is 5.92 Å². The van der Waals surface area contributed by atoms with E-state index in [2.05, 4.69) is 45.1 Å². The second-order valence-corrected chi connectivity index (χ2v) is 5.50. The van der Waals surface area contributed by atoms with Crippen molar-refractivity contribution in [3.63, 3.8) is 0 Å². The molecule has 2 N–H and O–H groups in total. The molecule has 0 saturated carbocycles. The average molecular weight is 250 g/mol. The molecule has 1 rings (SSSR count). The molecule has 2 atom stereocenters. The lowest BCUT2D eigenvalue weighted by Gasteiger charge is -2.29. The highest BCUT2D eigenvalue weighted by atomic mass is 16.3. The topological polar surface area (TPSA) is 35.5 Å². The average Bonchev–Trinajstić information content (AvgIpc) is 2.28. The third kappa shape index (κ3) is 4.31. The van der Waals surface area contributed by atoms with Crippen molar-refractivity contribution in [3.05, 3.63) is 29.8 Å². The Kier molecular flexibility index (Phi) is 5.63. The summed E-state index contributed by atoms with van der Waals surface area (Å²) >= 11 is 0. The van der Waals surface area contributed by atoms with Crippen LogP contribution in [0, 0.1) is 5.92 Å². The first-order valence-electron chi connectivity index (χ1n) is 6.60. The standard InChI is InChI=1S/C15H26N2O/c1-11(2)15(17(4)5)10-16-12(3)13-7-6-8-14(18)9-13/h6-9,11-12,15-16,18H,10H2,1-5H3. The number of nitrogens with zero attached hydrogens (tertiary/aromatic N) is 1. The van der Waals surface area contributed by atoms with Crippen molar-refractivity contribution in [1.29, 1.82) is 0 Å². The summed E-state index contributed by atoms with van der Waals surface area (Å²) in [5, 5.41) is 13.0. The fourth-order valence-corrected chi connectivity index (χ4v) is 2.22. The van der Waals surface area contributed by atoms with Crippen LogP contribution >= 0.6 is 0 Å². The van der Waals surface area contributed by atoms with Gasteiger partial charge in [0.2, 0.25) is 0 Å². The van der Waals surface area contributed by atoms with Gasteiger partial charge in [-0.05, 0) is 44.6 Å². The highest BCUT2D eigenvalue weighted by molar-refractivity contribution is 5.29. The fourth-order valence-electron chi connectivity index (χ4n) is 2.22. The van der Waals surface area contributed by atoms with E-state index in [0.717, 1.165) is 12.1 Å². The van der Waals surface area contributed by atoms with Gasteiger partial charge in [-0.1, -0.05) is 26.0 Å². The van der Waals surface area contributed by atoms with E-state index in [4.69, 9.17) is 0 Å². The molecular formula is C15H26N2O. The molecule has 1 aromatic rings. The molecule has 0 aliphatic heterocycles. The number of hydrogen-bond donors (Lipinski definition) is 2. The molecule has 1 aromatic carbocycles. The molecule has 3 heteroatoms. The van der Waals surface area contributed by atoms with Crippen LogP contribution in [-0.2, 0) is 0 Å². The molecule has 0 heterocycles. The molecule has 0 fully saturated rings. The van der Waals surface area contributed by atoms with Crippen LogP contribution in [0.4, 0.5) is 0 Å². The zero-order valence-corrected chi connectivity index (χ0v) is 12.1. The molecule has 0 saturated heterocycles. The number of aromatic hydroxyl groups is 1. The molecule has 0 aromatic heterocycles. The molecule has 102 valence electrons. The first-order chi connectivity index (χ1) is 8.41. The van der Waals surface area contributed by atoms with E-state index < -0.39 is 0 Å². The lowest BCUT2D eigenvalue weighted by atomic mass is 10.0. The lowest BCUT2D eigenvalue weighted by molar-refractivity contribution is 0.220. The summed E-state index contributed by atoms with van der Waals surface area (Å²) in [5.41, 5.74) is 1.12. The summed E-state index contributed by atoms with van der Waals surface area (Å²) in [6.45, 7) is 7.56. The van der Waals surface area contributed by atoms with Crippen LogP contribution in [0.2, 0.25) is 0 Å². The summed E-state index contributed by atoms with van der Waals surface area (Å²) in [6.07, 6.45) is 0. The first kappa shape index (κ1) is 15.0. The third-order valence-corrected chi connectivity index (χ3v) is 3.44. The van der Waals surface area contributed by atoms with Gasteiger partial charge >= 0.3 is 0 Å². The molecule has 0 aliphatic rings. The summed E-state index contributed by atoms with van der Waals surface area (Å²) < 4.78 is 0. The Balaban J connectivity index is 2.57. The number of phenols is 1. The number of phenolic OH excluding ortho intramolecular Hbond substituents is 1. The zero-order chi connectivity index (χ0) is 13.7. The first-order valence-corrected chi connectivity index (χ1v) is 6.60. The monoisotopic (exact) mass is 250 g/mol. The SMILES string of the molecule is CC(NCC(C(C)C)N(C)C)c1cccc(O)c1. The number of likely N-dealkylation sites (N-methyl/N-ethyl adjacent to an activating group) is 1. The Hall–Kier alpha value is -1.06. The minimum absolute atomic E-state index is 0.248. The van der Waals surface area contributed by atoms with Gasteiger partial charge in [-0.2, -0.15) is 0 Å². The minimum Gasteiger partial charge on any atom is -0.508 e. The number of hydrogen-bond acceptors (Lipinski definition) is 3. The van der Waals surface area contributed by atoms with Gasteiger partial charge in [0.25, 0.3) is 0 Å². The molecule has 0 bridgehead atoms. The van der Waals surface area contributed by atoms with Gasteiger partial charge in [-0.3, -0.25) is 0 Å². The fraction of sp³-hybridized carbons (Fsp3) is 0.600. The van der Waals surface area contributed by atoms with Crippen LogP contribution < -0.4 is 5.32 Å². The second kappa shape index (κ2) is 6.76. The number of benzene rings is 1. The number of nitrogens with one attached hydrogen (secondary N) is 1. The Morgan fingerprint density at radius 1 is 1.22 bits per heavy atom. The smallest absolute Gasteiger partial charge is 0.115 e. The van der Waals surface area contributed by atoms with E-state index in [1.54, 1.807) is 6.07 Å². The summed E-state index contributed by atoms with van der Waals surface area (Å²) in [4.78, 5) is 2.26. The van der Waals surface area contributed by atoms with Crippen molar-refractivity contribution in [2.75, 3.05) is 20.6 Å².